The maximum atomic E-state index is 13.3. The van der Waals surface area contributed by atoms with Gasteiger partial charge in [-0.15, -0.1) is 0 Å². The molecule has 0 radical (unpaired) electrons. The highest BCUT2D eigenvalue weighted by molar-refractivity contribution is 5.98. The van der Waals surface area contributed by atoms with Gasteiger partial charge in [-0.05, 0) is 30.4 Å². The molecule has 2 amide bonds. The van der Waals surface area contributed by atoms with Crippen molar-refractivity contribution in [3.8, 4) is 0 Å². The van der Waals surface area contributed by atoms with Gasteiger partial charge in [0.1, 0.15) is 12.6 Å². The predicted octanol–water partition coefficient (Wildman–Crippen LogP) is 1.48. The van der Waals surface area contributed by atoms with Crippen molar-refractivity contribution < 1.29 is 19.1 Å². The molecule has 2 fully saturated rings. The molecule has 6 heteroatoms. The first-order valence-electron chi connectivity index (χ1n) is 8.73. The molecule has 1 aromatic carbocycles. The molecule has 2 aliphatic heterocycles. The zero-order valence-corrected chi connectivity index (χ0v) is 14.6. The minimum absolute atomic E-state index is 0.0395. The van der Waals surface area contributed by atoms with E-state index in [-0.39, 0.29) is 30.3 Å². The van der Waals surface area contributed by atoms with Gasteiger partial charge in [-0.2, -0.15) is 0 Å². The van der Waals surface area contributed by atoms with E-state index in [1.807, 2.05) is 13.8 Å². The first kappa shape index (κ1) is 17.6. The van der Waals surface area contributed by atoms with Crippen LogP contribution in [0, 0.1) is 5.92 Å². The SMILES string of the molecule is CC(C)CC(C(=O)N1CCC2OCC(=O)C21)c1ccccc1C(N)=O. The Bertz CT molecular complexity index is 700. The Balaban J connectivity index is 1.95. The van der Waals surface area contributed by atoms with E-state index in [9.17, 15) is 14.4 Å². The van der Waals surface area contributed by atoms with Crippen LogP contribution in [0.3, 0.4) is 0 Å². The molecule has 3 atom stereocenters. The number of carbonyl (C=O) groups is 3. The molecule has 25 heavy (non-hydrogen) atoms. The number of primary amides is 1. The summed E-state index contributed by atoms with van der Waals surface area (Å²) in [5.41, 5.74) is 6.52. The quantitative estimate of drug-likeness (QED) is 0.876. The van der Waals surface area contributed by atoms with Crippen LogP contribution in [-0.4, -0.2) is 47.8 Å². The Kier molecular flexibility index (Phi) is 4.90. The minimum Gasteiger partial charge on any atom is -0.368 e. The second-order valence-electron chi connectivity index (χ2n) is 7.21. The van der Waals surface area contributed by atoms with Gasteiger partial charge in [-0.3, -0.25) is 14.4 Å². The Hall–Kier alpha value is -2.21. The van der Waals surface area contributed by atoms with Gasteiger partial charge in [0.25, 0.3) is 0 Å². The molecule has 2 aliphatic rings. The van der Waals surface area contributed by atoms with Crippen LogP contribution in [0.4, 0.5) is 0 Å². The van der Waals surface area contributed by atoms with E-state index in [0.717, 1.165) is 0 Å². The molecular weight excluding hydrogens is 320 g/mol. The topological polar surface area (TPSA) is 89.7 Å². The largest absolute Gasteiger partial charge is 0.368 e. The highest BCUT2D eigenvalue weighted by Crippen LogP contribution is 2.34. The number of likely N-dealkylation sites (tertiary alicyclic amines) is 1. The van der Waals surface area contributed by atoms with E-state index in [1.165, 1.54) is 0 Å². The predicted molar refractivity (Wildman–Crippen MR) is 92.0 cm³/mol. The summed E-state index contributed by atoms with van der Waals surface area (Å²) in [7, 11) is 0. The molecule has 0 bridgehead atoms. The number of fused-ring (bicyclic) bond motifs is 1. The summed E-state index contributed by atoms with van der Waals surface area (Å²) >= 11 is 0. The highest BCUT2D eigenvalue weighted by Gasteiger charge is 2.48. The van der Waals surface area contributed by atoms with Crippen molar-refractivity contribution >= 4 is 17.6 Å². The van der Waals surface area contributed by atoms with Gasteiger partial charge in [-0.1, -0.05) is 32.0 Å². The molecule has 0 aliphatic carbocycles. The zero-order chi connectivity index (χ0) is 18.1. The van der Waals surface area contributed by atoms with Crippen LogP contribution in [0.2, 0.25) is 0 Å². The third-order valence-corrected chi connectivity index (χ3v) is 5.00. The molecule has 3 rings (SSSR count). The lowest BCUT2D eigenvalue weighted by Gasteiger charge is -2.29. The fourth-order valence-electron chi connectivity index (χ4n) is 3.90. The van der Waals surface area contributed by atoms with Crippen LogP contribution in [0.1, 0.15) is 48.5 Å². The second-order valence-corrected chi connectivity index (χ2v) is 7.21. The van der Waals surface area contributed by atoms with E-state index in [0.29, 0.717) is 30.5 Å². The first-order chi connectivity index (χ1) is 11.9. The lowest BCUT2D eigenvalue weighted by Crippen LogP contribution is -2.44. The van der Waals surface area contributed by atoms with E-state index in [2.05, 4.69) is 0 Å². The molecule has 0 saturated carbocycles. The van der Waals surface area contributed by atoms with Gasteiger partial charge in [0.15, 0.2) is 5.78 Å². The lowest BCUT2D eigenvalue weighted by molar-refractivity contribution is -0.138. The fourth-order valence-corrected chi connectivity index (χ4v) is 3.90. The van der Waals surface area contributed by atoms with Crippen molar-refractivity contribution in [2.45, 2.75) is 44.8 Å². The van der Waals surface area contributed by atoms with Crippen LogP contribution in [0.5, 0.6) is 0 Å². The summed E-state index contributed by atoms with van der Waals surface area (Å²) in [5.74, 6) is -0.938. The second kappa shape index (κ2) is 6.96. The van der Waals surface area contributed by atoms with Gasteiger partial charge in [0.2, 0.25) is 11.8 Å². The maximum Gasteiger partial charge on any atom is 0.249 e. The van der Waals surface area contributed by atoms with E-state index in [4.69, 9.17) is 10.5 Å². The average molecular weight is 344 g/mol. The summed E-state index contributed by atoms with van der Waals surface area (Å²) in [6.45, 7) is 4.65. The van der Waals surface area contributed by atoms with Crippen molar-refractivity contribution in [3.05, 3.63) is 35.4 Å². The molecule has 1 aromatic rings. The number of hydrogen-bond donors (Lipinski definition) is 1. The minimum atomic E-state index is -0.545. The number of nitrogens with zero attached hydrogens (tertiary/aromatic N) is 1. The summed E-state index contributed by atoms with van der Waals surface area (Å²) in [6, 6.07) is 6.49. The van der Waals surface area contributed by atoms with Crippen LogP contribution in [-0.2, 0) is 14.3 Å². The molecule has 6 nitrogen and oxygen atoms in total. The number of benzene rings is 1. The number of ether oxygens (including phenoxy) is 1. The fraction of sp³-hybridized carbons (Fsp3) is 0.526. The van der Waals surface area contributed by atoms with Crippen molar-refractivity contribution in [2.24, 2.45) is 11.7 Å². The van der Waals surface area contributed by atoms with Gasteiger partial charge in [0, 0.05) is 12.1 Å². The van der Waals surface area contributed by atoms with Crippen molar-refractivity contribution in [1.29, 1.82) is 0 Å². The Morgan fingerprint density at radius 2 is 2.04 bits per heavy atom. The number of Topliss-reactive ketones (excluding diaryl/α,β-unsaturated/α-hetero) is 1. The Morgan fingerprint density at radius 1 is 1.32 bits per heavy atom. The van der Waals surface area contributed by atoms with Crippen molar-refractivity contribution in [3.63, 3.8) is 0 Å². The van der Waals surface area contributed by atoms with Crippen LogP contribution < -0.4 is 5.73 Å². The average Bonchev–Trinajstić information content (AvgIpc) is 3.15. The first-order valence-corrected chi connectivity index (χ1v) is 8.73. The Morgan fingerprint density at radius 3 is 2.72 bits per heavy atom. The molecule has 0 spiro atoms. The highest BCUT2D eigenvalue weighted by atomic mass is 16.5. The van der Waals surface area contributed by atoms with Crippen LogP contribution in [0.25, 0.3) is 0 Å². The van der Waals surface area contributed by atoms with Gasteiger partial charge in [-0.25, -0.2) is 0 Å². The zero-order valence-electron chi connectivity index (χ0n) is 14.6. The number of hydrogen-bond acceptors (Lipinski definition) is 4. The molecular formula is C19H24N2O4. The third-order valence-electron chi connectivity index (χ3n) is 5.00. The smallest absolute Gasteiger partial charge is 0.249 e. The number of ketones is 1. The van der Waals surface area contributed by atoms with Crippen molar-refractivity contribution in [1.82, 2.24) is 4.90 Å². The summed E-state index contributed by atoms with van der Waals surface area (Å²) in [5, 5.41) is 0. The van der Waals surface area contributed by atoms with Crippen molar-refractivity contribution in [2.75, 3.05) is 13.2 Å². The maximum absolute atomic E-state index is 13.3. The number of carbonyl (C=O) groups excluding carboxylic acids is 3. The molecule has 2 N–H and O–H groups in total. The van der Waals surface area contributed by atoms with Gasteiger partial charge >= 0.3 is 0 Å². The molecule has 2 heterocycles. The lowest BCUT2D eigenvalue weighted by atomic mass is 9.86. The van der Waals surface area contributed by atoms with E-state index >= 15 is 0 Å². The number of amides is 2. The normalized spacial score (nSPS) is 23.8. The van der Waals surface area contributed by atoms with Gasteiger partial charge in [0.05, 0.1) is 12.0 Å². The molecule has 0 aromatic heterocycles. The van der Waals surface area contributed by atoms with E-state index in [1.54, 1.807) is 29.2 Å². The number of nitrogens with two attached hydrogens (primary N) is 1. The number of rotatable bonds is 5. The molecule has 3 unspecified atom stereocenters. The summed E-state index contributed by atoms with van der Waals surface area (Å²) in [4.78, 5) is 38.9. The molecule has 134 valence electrons. The third kappa shape index (κ3) is 3.31. The standard InChI is InChI=1S/C19H24N2O4/c1-11(2)9-14(12-5-3-4-6-13(12)18(20)23)19(24)21-8-7-16-17(21)15(22)10-25-16/h3-6,11,14,16-17H,7-10H2,1-2H3,(H2,20,23). The summed E-state index contributed by atoms with van der Waals surface area (Å²) in [6.07, 6.45) is 1.07. The van der Waals surface area contributed by atoms with Crippen LogP contribution in [0.15, 0.2) is 24.3 Å². The van der Waals surface area contributed by atoms with Gasteiger partial charge < -0.3 is 15.4 Å². The monoisotopic (exact) mass is 344 g/mol. The van der Waals surface area contributed by atoms with Crippen LogP contribution >= 0.6 is 0 Å². The summed E-state index contributed by atoms with van der Waals surface area (Å²) < 4.78 is 5.48. The van der Waals surface area contributed by atoms with E-state index < -0.39 is 17.9 Å². The molecule has 2 saturated heterocycles. The Labute approximate surface area is 147 Å².